The lowest BCUT2D eigenvalue weighted by atomic mass is 10.2. The van der Waals surface area contributed by atoms with Crippen LogP contribution in [0.1, 0.15) is 5.56 Å². The van der Waals surface area contributed by atoms with Gasteiger partial charge >= 0.3 is 0 Å². The van der Waals surface area contributed by atoms with Crippen molar-refractivity contribution in [2.45, 2.75) is 6.92 Å². The normalized spacial score (nSPS) is 10.8. The summed E-state index contributed by atoms with van der Waals surface area (Å²) in [5.41, 5.74) is 7.38. The number of phenolic OH excluding ortho intramolecular Hbond substituents is 1. The van der Waals surface area contributed by atoms with Crippen LogP contribution in [0.5, 0.6) is 5.75 Å². The lowest BCUT2D eigenvalue weighted by Crippen LogP contribution is -1.81. The highest BCUT2D eigenvalue weighted by atomic mass is 32.1. The maximum atomic E-state index is 9.26. The van der Waals surface area contributed by atoms with E-state index in [0.29, 0.717) is 5.13 Å². The molecule has 0 bridgehead atoms. The largest absolute Gasteiger partial charge is 0.508 e. The smallest absolute Gasteiger partial charge is 0.181 e. The Hall–Kier alpha value is -1.29. The minimum Gasteiger partial charge on any atom is -0.508 e. The van der Waals surface area contributed by atoms with Crippen molar-refractivity contribution < 1.29 is 5.11 Å². The van der Waals surface area contributed by atoms with Crippen molar-refractivity contribution in [3.05, 3.63) is 17.7 Å². The highest BCUT2D eigenvalue weighted by molar-refractivity contribution is 7.22. The third-order valence-electron chi connectivity index (χ3n) is 1.69. The maximum absolute atomic E-state index is 9.26. The monoisotopic (exact) mass is 180 g/mol. The second-order valence-corrected chi connectivity index (χ2v) is 3.72. The van der Waals surface area contributed by atoms with E-state index >= 15 is 0 Å². The quantitative estimate of drug-likeness (QED) is 0.651. The number of hydrogen-bond acceptors (Lipinski definition) is 4. The molecule has 0 aliphatic heterocycles. The number of benzene rings is 1. The van der Waals surface area contributed by atoms with Crippen LogP contribution in [0.15, 0.2) is 12.1 Å². The molecule has 1 aromatic carbocycles. The fourth-order valence-corrected chi connectivity index (χ4v) is 2.04. The van der Waals surface area contributed by atoms with Gasteiger partial charge in [0, 0.05) is 0 Å². The summed E-state index contributed by atoms with van der Waals surface area (Å²) in [4.78, 5) is 4.14. The lowest BCUT2D eigenvalue weighted by Gasteiger charge is -1.94. The third-order valence-corrected chi connectivity index (χ3v) is 2.52. The van der Waals surface area contributed by atoms with Gasteiger partial charge in [0.05, 0.1) is 10.2 Å². The molecular weight excluding hydrogens is 172 g/mol. The van der Waals surface area contributed by atoms with Gasteiger partial charge in [0.2, 0.25) is 0 Å². The summed E-state index contributed by atoms with van der Waals surface area (Å²) in [5, 5.41) is 9.80. The number of anilines is 1. The number of thiazole rings is 1. The minimum atomic E-state index is 0.267. The van der Waals surface area contributed by atoms with Gasteiger partial charge in [-0.05, 0) is 24.6 Å². The second-order valence-electron chi connectivity index (χ2n) is 2.66. The van der Waals surface area contributed by atoms with Gasteiger partial charge in [0.1, 0.15) is 5.75 Å². The summed E-state index contributed by atoms with van der Waals surface area (Å²) in [6.45, 7) is 1.90. The number of aromatic nitrogens is 1. The molecule has 3 N–H and O–H groups in total. The number of aromatic hydroxyl groups is 1. The van der Waals surface area contributed by atoms with Gasteiger partial charge in [0.15, 0.2) is 5.13 Å². The van der Waals surface area contributed by atoms with Crippen molar-refractivity contribution in [3.8, 4) is 5.75 Å². The first-order valence-corrected chi connectivity index (χ1v) is 4.34. The van der Waals surface area contributed by atoms with Crippen molar-refractivity contribution in [1.82, 2.24) is 4.98 Å². The van der Waals surface area contributed by atoms with Crippen LogP contribution in [-0.4, -0.2) is 10.1 Å². The molecule has 1 aromatic heterocycles. The van der Waals surface area contributed by atoms with Crippen molar-refractivity contribution in [1.29, 1.82) is 0 Å². The molecule has 2 rings (SSSR count). The fourth-order valence-electron chi connectivity index (χ4n) is 1.20. The molecule has 0 aliphatic carbocycles. The highest BCUT2D eigenvalue weighted by Crippen LogP contribution is 2.29. The van der Waals surface area contributed by atoms with Crippen LogP contribution in [0.4, 0.5) is 5.13 Å². The molecule has 0 radical (unpaired) electrons. The third kappa shape index (κ3) is 1.00. The predicted molar refractivity (Wildman–Crippen MR) is 50.4 cm³/mol. The van der Waals surface area contributed by atoms with Crippen LogP contribution in [0.25, 0.3) is 10.2 Å². The number of nitrogen functional groups attached to an aromatic ring is 1. The van der Waals surface area contributed by atoms with E-state index in [1.807, 2.05) is 6.92 Å². The van der Waals surface area contributed by atoms with E-state index in [9.17, 15) is 5.11 Å². The average molecular weight is 180 g/mol. The molecule has 1 heterocycles. The van der Waals surface area contributed by atoms with Crippen LogP contribution in [0, 0.1) is 6.92 Å². The molecule has 0 saturated carbocycles. The van der Waals surface area contributed by atoms with E-state index in [0.717, 1.165) is 15.8 Å². The predicted octanol–water partition coefficient (Wildman–Crippen LogP) is 1.89. The fraction of sp³-hybridized carbons (Fsp3) is 0.125. The van der Waals surface area contributed by atoms with Crippen LogP contribution < -0.4 is 5.73 Å². The number of nitrogens with two attached hydrogens (primary N) is 1. The van der Waals surface area contributed by atoms with Crippen LogP contribution in [0.3, 0.4) is 0 Å². The van der Waals surface area contributed by atoms with E-state index in [-0.39, 0.29) is 5.75 Å². The minimum absolute atomic E-state index is 0.267. The van der Waals surface area contributed by atoms with Gasteiger partial charge in [-0.25, -0.2) is 4.98 Å². The van der Waals surface area contributed by atoms with Gasteiger partial charge in [0.25, 0.3) is 0 Å². The highest BCUT2D eigenvalue weighted by Gasteiger charge is 2.04. The molecule has 0 fully saturated rings. The van der Waals surface area contributed by atoms with Gasteiger partial charge < -0.3 is 10.8 Å². The summed E-state index contributed by atoms with van der Waals surface area (Å²) in [7, 11) is 0. The molecule has 3 nitrogen and oxygen atoms in total. The Kier molecular flexibility index (Phi) is 1.44. The first-order chi connectivity index (χ1) is 5.66. The first kappa shape index (κ1) is 7.36. The van der Waals surface area contributed by atoms with Crippen LogP contribution in [0.2, 0.25) is 0 Å². The molecule has 4 heteroatoms. The summed E-state index contributed by atoms with van der Waals surface area (Å²) in [5.74, 6) is 0.267. The van der Waals surface area contributed by atoms with Crippen LogP contribution in [-0.2, 0) is 0 Å². The van der Waals surface area contributed by atoms with Gasteiger partial charge in [-0.3, -0.25) is 0 Å². The number of hydrogen-bond donors (Lipinski definition) is 2. The Balaban J connectivity index is 2.88. The Morgan fingerprint density at radius 1 is 1.50 bits per heavy atom. The van der Waals surface area contributed by atoms with E-state index in [1.165, 1.54) is 11.3 Å². The van der Waals surface area contributed by atoms with Crippen LogP contribution >= 0.6 is 11.3 Å². The van der Waals surface area contributed by atoms with Gasteiger partial charge in [-0.2, -0.15) is 0 Å². The first-order valence-electron chi connectivity index (χ1n) is 3.52. The number of aryl methyl sites for hydroxylation is 1. The topological polar surface area (TPSA) is 59.1 Å². The summed E-state index contributed by atoms with van der Waals surface area (Å²) in [6, 6.07) is 3.36. The molecule has 0 spiro atoms. The average Bonchev–Trinajstić information content (AvgIpc) is 2.29. The van der Waals surface area contributed by atoms with Crippen molar-refractivity contribution in [2.75, 3.05) is 5.73 Å². The van der Waals surface area contributed by atoms with Crippen molar-refractivity contribution in [2.24, 2.45) is 0 Å². The Morgan fingerprint density at radius 3 is 3.00 bits per heavy atom. The maximum Gasteiger partial charge on any atom is 0.181 e. The number of fused-ring (bicyclic) bond motifs is 1. The van der Waals surface area contributed by atoms with E-state index in [2.05, 4.69) is 4.98 Å². The molecule has 2 aromatic rings. The molecule has 62 valence electrons. The summed E-state index contributed by atoms with van der Waals surface area (Å²) >= 11 is 1.39. The van der Waals surface area contributed by atoms with E-state index in [1.54, 1.807) is 12.1 Å². The lowest BCUT2D eigenvalue weighted by molar-refractivity contribution is 0.476. The standard InChI is InChI=1S/C8H8N2OS/c1-4-2-5(11)3-6-7(4)10-8(9)12-6/h2-3,11H,1H3,(H2,9,10). The Labute approximate surface area is 73.5 Å². The number of nitrogens with zero attached hydrogens (tertiary/aromatic N) is 1. The summed E-state index contributed by atoms with van der Waals surface area (Å²) < 4.78 is 0.935. The van der Waals surface area contributed by atoms with Gasteiger partial charge in [-0.15, -0.1) is 0 Å². The molecule has 0 saturated heterocycles. The second kappa shape index (κ2) is 2.35. The number of rotatable bonds is 0. The summed E-state index contributed by atoms with van der Waals surface area (Å²) in [6.07, 6.45) is 0. The molecule has 0 amide bonds. The Bertz CT molecular complexity index is 436. The molecule has 0 aliphatic rings. The molecular formula is C8H8N2OS. The Morgan fingerprint density at radius 2 is 2.25 bits per heavy atom. The molecule has 0 atom stereocenters. The van der Waals surface area contributed by atoms with E-state index < -0.39 is 0 Å². The van der Waals surface area contributed by atoms with Crippen molar-refractivity contribution >= 4 is 26.7 Å². The SMILES string of the molecule is Cc1cc(O)cc2sc(N)nc12. The zero-order valence-electron chi connectivity index (χ0n) is 6.53. The van der Waals surface area contributed by atoms with Crippen molar-refractivity contribution in [3.63, 3.8) is 0 Å². The molecule has 12 heavy (non-hydrogen) atoms. The van der Waals surface area contributed by atoms with Gasteiger partial charge in [-0.1, -0.05) is 11.3 Å². The van der Waals surface area contributed by atoms with E-state index in [4.69, 9.17) is 5.73 Å². The molecule has 0 unspecified atom stereocenters. The zero-order valence-corrected chi connectivity index (χ0v) is 7.35. The zero-order chi connectivity index (χ0) is 8.72. The number of phenols is 1.